The highest BCUT2D eigenvalue weighted by atomic mass is 16.5. The first kappa shape index (κ1) is 16.2. The van der Waals surface area contributed by atoms with Crippen molar-refractivity contribution in [3.8, 4) is 0 Å². The molecule has 0 aliphatic carbocycles. The molecular formula is C16H21O4. The summed E-state index contributed by atoms with van der Waals surface area (Å²) in [5.41, 5.74) is 0.233. The highest BCUT2D eigenvalue weighted by Gasteiger charge is 2.11. The summed E-state index contributed by atoms with van der Waals surface area (Å²) >= 11 is 0. The number of carbonyl (C=O) groups excluding carboxylic acids is 2. The van der Waals surface area contributed by atoms with E-state index in [1.165, 1.54) is 43.5 Å². The number of hydrogen-bond acceptors (Lipinski definition) is 3. The Hall–Kier alpha value is -1.84. The number of esters is 1. The number of carbonyl (C=O) groups is 2. The molecule has 0 saturated carbocycles. The Morgan fingerprint density at radius 2 is 1.65 bits per heavy atom. The number of benzene rings is 1. The molecule has 1 aromatic carbocycles. The molecule has 20 heavy (non-hydrogen) atoms. The first-order valence-electron chi connectivity index (χ1n) is 7.13. The van der Waals surface area contributed by atoms with Gasteiger partial charge in [-0.1, -0.05) is 45.1 Å². The molecule has 0 aliphatic rings. The van der Waals surface area contributed by atoms with Gasteiger partial charge >= 0.3 is 11.9 Å². The van der Waals surface area contributed by atoms with Crippen LogP contribution in [0.3, 0.4) is 0 Å². The van der Waals surface area contributed by atoms with Crippen LogP contribution < -0.4 is 0 Å². The quantitative estimate of drug-likeness (QED) is 0.509. The maximum absolute atomic E-state index is 11.7. The van der Waals surface area contributed by atoms with Gasteiger partial charge in [0, 0.05) is 0 Å². The Labute approximate surface area is 119 Å². The summed E-state index contributed by atoms with van der Waals surface area (Å²) in [6, 6.07) is 5.71. The molecule has 0 spiro atoms. The monoisotopic (exact) mass is 277 g/mol. The second kappa shape index (κ2) is 9.13. The zero-order valence-corrected chi connectivity index (χ0v) is 11.9. The lowest BCUT2D eigenvalue weighted by Crippen LogP contribution is -2.07. The first-order valence-corrected chi connectivity index (χ1v) is 7.13. The van der Waals surface area contributed by atoms with Crippen LogP contribution in [0.15, 0.2) is 24.3 Å². The van der Waals surface area contributed by atoms with Gasteiger partial charge in [-0.3, -0.25) is 0 Å². The van der Waals surface area contributed by atoms with Crippen LogP contribution >= 0.6 is 0 Å². The van der Waals surface area contributed by atoms with Gasteiger partial charge in [0.05, 0.1) is 17.7 Å². The smallest absolute Gasteiger partial charge is 0.386 e. The minimum atomic E-state index is -1.30. The number of rotatable bonds is 9. The maximum Gasteiger partial charge on any atom is 0.386 e. The van der Waals surface area contributed by atoms with Gasteiger partial charge in [-0.05, 0) is 24.6 Å². The van der Waals surface area contributed by atoms with Crippen LogP contribution in [-0.4, -0.2) is 18.5 Å². The zero-order valence-electron chi connectivity index (χ0n) is 11.9. The van der Waals surface area contributed by atoms with Crippen LogP contribution in [0.5, 0.6) is 0 Å². The van der Waals surface area contributed by atoms with E-state index in [-0.39, 0.29) is 11.1 Å². The molecule has 0 unspecified atom stereocenters. The third kappa shape index (κ3) is 5.87. The van der Waals surface area contributed by atoms with Crippen LogP contribution in [0, 0.1) is 0 Å². The van der Waals surface area contributed by atoms with Crippen LogP contribution in [0.25, 0.3) is 0 Å². The third-order valence-corrected chi connectivity index (χ3v) is 3.07. The number of hydrogen-bond donors (Lipinski definition) is 0. The van der Waals surface area contributed by atoms with Crippen molar-refractivity contribution in [2.24, 2.45) is 0 Å². The van der Waals surface area contributed by atoms with Gasteiger partial charge in [0.25, 0.3) is 0 Å². The molecule has 0 heterocycles. The molecule has 0 aliphatic heterocycles. The third-order valence-electron chi connectivity index (χ3n) is 3.07. The van der Waals surface area contributed by atoms with Crippen LogP contribution in [0.4, 0.5) is 0 Å². The van der Waals surface area contributed by atoms with E-state index < -0.39 is 11.9 Å². The summed E-state index contributed by atoms with van der Waals surface area (Å²) in [5.74, 6) is -1.78. The van der Waals surface area contributed by atoms with E-state index in [1.807, 2.05) is 0 Å². The van der Waals surface area contributed by atoms with Crippen molar-refractivity contribution in [3.63, 3.8) is 0 Å². The normalized spacial score (nSPS) is 10.2. The molecule has 0 atom stereocenters. The van der Waals surface area contributed by atoms with Crippen LogP contribution in [0.2, 0.25) is 0 Å². The average molecular weight is 277 g/mol. The molecule has 0 bridgehead atoms. The van der Waals surface area contributed by atoms with E-state index >= 15 is 0 Å². The van der Waals surface area contributed by atoms with Crippen molar-refractivity contribution in [1.82, 2.24) is 0 Å². The molecule has 109 valence electrons. The Bertz CT molecular complexity index is 440. The number of unbranched alkanes of at least 4 members (excludes halogenated alkanes) is 5. The summed E-state index contributed by atoms with van der Waals surface area (Å²) in [4.78, 5) is 22.4. The molecule has 1 radical (unpaired) electrons. The fourth-order valence-corrected chi connectivity index (χ4v) is 1.90. The van der Waals surface area contributed by atoms with Crippen LogP contribution in [-0.2, 0) is 9.84 Å². The second-order valence-electron chi connectivity index (χ2n) is 4.77. The van der Waals surface area contributed by atoms with Crippen LogP contribution in [0.1, 0.15) is 66.2 Å². The van der Waals surface area contributed by atoms with Gasteiger partial charge in [-0.2, -0.15) is 0 Å². The molecule has 1 aromatic rings. The molecule has 0 aromatic heterocycles. The molecule has 1 rings (SSSR count). The van der Waals surface area contributed by atoms with Gasteiger partial charge in [0.2, 0.25) is 0 Å². The van der Waals surface area contributed by atoms with Crippen molar-refractivity contribution >= 4 is 11.9 Å². The molecule has 4 heteroatoms. The minimum absolute atomic E-state index is 0.0148. The Balaban J connectivity index is 2.29. The van der Waals surface area contributed by atoms with E-state index in [9.17, 15) is 14.7 Å². The highest BCUT2D eigenvalue weighted by Crippen LogP contribution is 2.09. The Kier molecular flexibility index (Phi) is 7.40. The molecule has 0 amide bonds. The Morgan fingerprint density at radius 1 is 1.00 bits per heavy atom. The van der Waals surface area contributed by atoms with Crippen molar-refractivity contribution in [1.29, 1.82) is 0 Å². The highest BCUT2D eigenvalue weighted by molar-refractivity contribution is 5.94. The van der Waals surface area contributed by atoms with E-state index in [4.69, 9.17) is 4.74 Å². The molecular weight excluding hydrogens is 256 g/mol. The van der Waals surface area contributed by atoms with E-state index in [0.717, 1.165) is 19.3 Å². The van der Waals surface area contributed by atoms with Crippen molar-refractivity contribution < 1.29 is 19.4 Å². The predicted octanol–water partition coefficient (Wildman–Crippen LogP) is 3.77. The Morgan fingerprint density at radius 3 is 2.35 bits per heavy atom. The fourth-order valence-electron chi connectivity index (χ4n) is 1.90. The fraction of sp³-hybridized carbons (Fsp3) is 0.500. The number of ether oxygens (including phenoxy) is 1. The lowest BCUT2D eigenvalue weighted by molar-refractivity contribution is 0.0497. The van der Waals surface area contributed by atoms with E-state index in [0.29, 0.717) is 6.61 Å². The summed E-state index contributed by atoms with van der Waals surface area (Å²) < 4.78 is 5.12. The van der Waals surface area contributed by atoms with Gasteiger partial charge in [-0.15, -0.1) is 0 Å². The van der Waals surface area contributed by atoms with E-state index in [1.54, 1.807) is 0 Å². The largest absolute Gasteiger partial charge is 0.462 e. The average Bonchev–Trinajstić information content (AvgIpc) is 2.46. The summed E-state index contributed by atoms with van der Waals surface area (Å²) in [5, 5.41) is 10.7. The minimum Gasteiger partial charge on any atom is -0.462 e. The molecule has 0 saturated heterocycles. The molecule has 4 nitrogen and oxygen atoms in total. The van der Waals surface area contributed by atoms with Crippen molar-refractivity contribution in [2.45, 2.75) is 45.4 Å². The SMILES string of the molecule is CCCCCCCCOC(=O)c1cccc(C([O])=O)c1. The van der Waals surface area contributed by atoms with Gasteiger partial charge in [0.1, 0.15) is 0 Å². The van der Waals surface area contributed by atoms with Gasteiger partial charge in [0.15, 0.2) is 0 Å². The van der Waals surface area contributed by atoms with Crippen molar-refractivity contribution in [3.05, 3.63) is 35.4 Å². The standard InChI is InChI=1S/C16H21O4/c1-2-3-4-5-6-7-11-20-16(19)14-10-8-9-13(12-14)15(17)18/h8-10,12H,2-7,11H2,1H3. The topological polar surface area (TPSA) is 63.3 Å². The maximum atomic E-state index is 11.7. The first-order chi connectivity index (χ1) is 9.65. The summed E-state index contributed by atoms with van der Waals surface area (Å²) in [7, 11) is 0. The van der Waals surface area contributed by atoms with Gasteiger partial charge < -0.3 is 4.74 Å². The zero-order chi connectivity index (χ0) is 14.8. The molecule has 0 fully saturated rings. The predicted molar refractivity (Wildman–Crippen MR) is 75.1 cm³/mol. The molecule has 0 N–H and O–H groups in total. The van der Waals surface area contributed by atoms with Crippen molar-refractivity contribution in [2.75, 3.05) is 6.61 Å². The lowest BCUT2D eigenvalue weighted by Gasteiger charge is -2.05. The van der Waals surface area contributed by atoms with Gasteiger partial charge in [-0.25, -0.2) is 14.7 Å². The lowest BCUT2D eigenvalue weighted by atomic mass is 10.1. The van der Waals surface area contributed by atoms with E-state index in [2.05, 4.69) is 6.92 Å². The summed E-state index contributed by atoms with van der Waals surface area (Å²) in [6.07, 6.45) is 6.73. The summed E-state index contributed by atoms with van der Waals surface area (Å²) in [6.45, 7) is 2.54. The second-order valence-corrected chi connectivity index (χ2v) is 4.77.